The van der Waals surface area contributed by atoms with Gasteiger partial charge >= 0.3 is 0 Å². The highest BCUT2D eigenvalue weighted by molar-refractivity contribution is 7.89. The highest BCUT2D eigenvalue weighted by atomic mass is 32.2. The highest BCUT2D eigenvalue weighted by Crippen LogP contribution is 2.36. The fraction of sp³-hybridized carbons (Fsp3) is 0.200. The summed E-state index contributed by atoms with van der Waals surface area (Å²) in [5.41, 5.74) is 3.43. The third-order valence-electron chi connectivity index (χ3n) is 4.43. The molecule has 3 heterocycles. The number of pyridine rings is 1. The molecular weight excluding hydrogens is 388 g/mol. The lowest BCUT2D eigenvalue weighted by atomic mass is 10.1. The molecule has 0 atom stereocenters. The summed E-state index contributed by atoms with van der Waals surface area (Å²) in [4.78, 5) is 12.8. The maximum Gasteiger partial charge on any atom is 0.243 e. The normalized spacial score (nSPS) is 13.4. The van der Waals surface area contributed by atoms with Crippen molar-refractivity contribution >= 4 is 26.6 Å². The molecule has 0 saturated carbocycles. The van der Waals surface area contributed by atoms with Gasteiger partial charge in [0.05, 0.1) is 23.5 Å². The molecule has 8 nitrogen and oxygen atoms in total. The van der Waals surface area contributed by atoms with E-state index in [1.165, 1.54) is 12.4 Å². The molecule has 0 fully saturated rings. The molecule has 1 aliphatic rings. The topological polar surface area (TPSA) is 114 Å². The summed E-state index contributed by atoms with van der Waals surface area (Å²) in [5.74, 6) is 0.264. The predicted octanol–water partition coefficient (Wildman–Crippen LogP) is 2.77. The Labute approximate surface area is 168 Å². The zero-order chi connectivity index (χ0) is 20.8. The number of nitriles is 1. The van der Waals surface area contributed by atoms with E-state index in [9.17, 15) is 13.7 Å². The molecule has 0 aliphatic heterocycles. The second-order valence-corrected chi connectivity index (χ2v) is 8.70. The van der Waals surface area contributed by atoms with Crippen molar-refractivity contribution < 1.29 is 8.42 Å². The number of aromatic nitrogens is 4. The number of fused-ring (bicyclic) bond motifs is 1. The Hall–Kier alpha value is -3.35. The van der Waals surface area contributed by atoms with E-state index in [0.717, 1.165) is 16.9 Å². The van der Waals surface area contributed by atoms with Gasteiger partial charge in [-0.1, -0.05) is 6.08 Å². The summed E-state index contributed by atoms with van der Waals surface area (Å²) < 4.78 is 29.1. The van der Waals surface area contributed by atoms with Gasteiger partial charge in [0.1, 0.15) is 16.7 Å². The van der Waals surface area contributed by atoms with Crippen LogP contribution in [-0.4, -0.2) is 34.0 Å². The molecule has 0 spiro atoms. The number of rotatable bonds is 5. The molecule has 0 saturated heterocycles. The lowest BCUT2D eigenvalue weighted by Crippen LogP contribution is -2.30. The zero-order valence-electron chi connectivity index (χ0n) is 16.1. The smallest absolute Gasteiger partial charge is 0.243 e. The number of hydrogen-bond acceptors (Lipinski definition) is 6. The van der Waals surface area contributed by atoms with Gasteiger partial charge in [0.25, 0.3) is 0 Å². The van der Waals surface area contributed by atoms with Gasteiger partial charge in [-0.15, -0.1) is 0 Å². The van der Waals surface area contributed by atoms with Crippen molar-refractivity contribution in [3.8, 4) is 17.6 Å². The Balaban J connectivity index is 1.91. The molecule has 146 valence electrons. The van der Waals surface area contributed by atoms with Crippen LogP contribution in [0.25, 0.3) is 28.1 Å². The number of sulfonamides is 1. The van der Waals surface area contributed by atoms with Crippen LogP contribution in [-0.2, 0) is 10.0 Å². The Kier molecular flexibility index (Phi) is 4.53. The summed E-state index contributed by atoms with van der Waals surface area (Å²) in [6.45, 7) is 5.35. The van der Waals surface area contributed by atoms with Gasteiger partial charge in [0.2, 0.25) is 10.0 Å². The summed E-state index contributed by atoms with van der Waals surface area (Å²) in [7, 11) is -3.70. The molecule has 0 radical (unpaired) electrons. The Morgan fingerprint density at radius 2 is 1.86 bits per heavy atom. The number of nitrogens with zero attached hydrogens (tertiary/aromatic N) is 5. The number of aryl methyl sites for hydroxylation is 1. The van der Waals surface area contributed by atoms with Crippen molar-refractivity contribution in [1.82, 2.24) is 24.2 Å². The first-order valence-corrected chi connectivity index (χ1v) is 10.4. The van der Waals surface area contributed by atoms with Crippen LogP contribution in [0.5, 0.6) is 0 Å². The van der Waals surface area contributed by atoms with Crippen LogP contribution in [0.4, 0.5) is 0 Å². The molecule has 0 amide bonds. The van der Waals surface area contributed by atoms with Crippen molar-refractivity contribution in [1.29, 1.82) is 5.26 Å². The first-order chi connectivity index (χ1) is 13.8. The predicted molar refractivity (Wildman–Crippen MR) is 109 cm³/mol. The standard InChI is InChI=1S/C20H18N6O2S/c1-12(2)25-29(27,28)15-9-23-20(24-10-15)19-16(8-21)17-11-22-13(3)7-18(17)26(19)14-5-4-6-14/h4-7,9-12,25H,1-3H3. The molecule has 3 aromatic rings. The molecule has 3 aromatic heterocycles. The van der Waals surface area contributed by atoms with E-state index in [-0.39, 0.29) is 16.8 Å². The summed E-state index contributed by atoms with van der Waals surface area (Å²) >= 11 is 0. The zero-order valence-corrected chi connectivity index (χ0v) is 16.9. The Morgan fingerprint density at radius 1 is 1.17 bits per heavy atom. The van der Waals surface area contributed by atoms with E-state index >= 15 is 0 Å². The van der Waals surface area contributed by atoms with Crippen LogP contribution in [0, 0.1) is 18.3 Å². The van der Waals surface area contributed by atoms with E-state index in [1.807, 2.05) is 35.8 Å². The van der Waals surface area contributed by atoms with Gasteiger partial charge in [-0.3, -0.25) is 4.98 Å². The van der Waals surface area contributed by atoms with Gasteiger partial charge < -0.3 is 4.57 Å². The lowest BCUT2D eigenvalue weighted by molar-refractivity contribution is 0.569. The highest BCUT2D eigenvalue weighted by Gasteiger charge is 2.24. The first-order valence-electron chi connectivity index (χ1n) is 8.96. The van der Waals surface area contributed by atoms with Gasteiger partial charge in [-0.05, 0) is 39.0 Å². The molecular formula is C20H18N6O2S. The maximum absolute atomic E-state index is 12.3. The minimum atomic E-state index is -3.70. The van der Waals surface area contributed by atoms with Crippen LogP contribution in [0.15, 0.2) is 47.8 Å². The average Bonchev–Trinajstić information content (AvgIpc) is 2.93. The van der Waals surface area contributed by atoms with Gasteiger partial charge in [-0.25, -0.2) is 23.1 Å². The quantitative estimate of drug-likeness (QED) is 0.697. The second kappa shape index (κ2) is 6.92. The number of allylic oxidation sites excluding steroid dienone is 4. The minimum absolute atomic E-state index is 0.0311. The largest absolute Gasteiger partial charge is 0.305 e. The summed E-state index contributed by atoms with van der Waals surface area (Å²) in [5, 5.41) is 10.5. The van der Waals surface area contributed by atoms with Crippen molar-refractivity contribution in [2.24, 2.45) is 0 Å². The van der Waals surface area contributed by atoms with Crippen molar-refractivity contribution in [3.05, 3.63) is 54.1 Å². The van der Waals surface area contributed by atoms with E-state index in [1.54, 1.807) is 20.0 Å². The van der Waals surface area contributed by atoms with Crippen molar-refractivity contribution in [2.75, 3.05) is 0 Å². The van der Waals surface area contributed by atoms with Crippen LogP contribution in [0.3, 0.4) is 0 Å². The number of hydrogen-bond donors (Lipinski definition) is 1. The molecule has 4 rings (SSSR count). The fourth-order valence-electron chi connectivity index (χ4n) is 3.16. The van der Waals surface area contributed by atoms with Crippen LogP contribution >= 0.6 is 0 Å². The lowest BCUT2D eigenvalue weighted by Gasteiger charge is -2.15. The van der Waals surface area contributed by atoms with E-state index in [2.05, 4.69) is 25.7 Å². The third-order valence-corrected chi connectivity index (χ3v) is 6.05. The summed E-state index contributed by atoms with van der Waals surface area (Å²) in [6.07, 6.45) is 9.92. The Bertz CT molecular complexity index is 1330. The van der Waals surface area contributed by atoms with E-state index in [0.29, 0.717) is 16.6 Å². The average molecular weight is 406 g/mol. The molecule has 29 heavy (non-hydrogen) atoms. The third kappa shape index (κ3) is 3.22. The van der Waals surface area contributed by atoms with Crippen molar-refractivity contribution in [3.63, 3.8) is 0 Å². The molecule has 1 N–H and O–H groups in total. The van der Waals surface area contributed by atoms with Gasteiger partial charge in [-0.2, -0.15) is 5.26 Å². The second-order valence-electron chi connectivity index (χ2n) is 6.98. The van der Waals surface area contributed by atoms with Crippen LogP contribution in [0.2, 0.25) is 0 Å². The molecule has 1 aliphatic carbocycles. The number of nitrogens with one attached hydrogen (secondary N) is 1. The van der Waals surface area contributed by atoms with Crippen molar-refractivity contribution in [2.45, 2.75) is 31.7 Å². The van der Waals surface area contributed by atoms with Gasteiger partial charge in [0, 0.05) is 29.0 Å². The van der Waals surface area contributed by atoms with Gasteiger partial charge in [0.15, 0.2) is 5.82 Å². The maximum atomic E-state index is 12.3. The fourth-order valence-corrected chi connectivity index (χ4v) is 4.30. The monoisotopic (exact) mass is 406 g/mol. The molecule has 0 aromatic carbocycles. The van der Waals surface area contributed by atoms with Crippen LogP contribution in [0.1, 0.15) is 25.1 Å². The molecule has 0 unspecified atom stereocenters. The molecule has 0 bridgehead atoms. The minimum Gasteiger partial charge on any atom is -0.305 e. The first kappa shape index (κ1) is 19.0. The van der Waals surface area contributed by atoms with E-state index in [4.69, 9.17) is 0 Å². The molecule has 9 heteroatoms. The summed E-state index contributed by atoms with van der Waals surface area (Å²) in [6, 6.07) is 3.88. The van der Waals surface area contributed by atoms with E-state index < -0.39 is 10.0 Å². The Morgan fingerprint density at radius 3 is 2.41 bits per heavy atom. The SMILES string of the molecule is Cc1cc2c(cn1)c(C#N)c(-c1ncc(S(=O)(=O)NC(C)C)cn1)n2C1=CC=C1. The van der Waals surface area contributed by atoms with Crippen LogP contribution < -0.4 is 4.72 Å².